The molecule has 8 aromatic carbocycles. The van der Waals surface area contributed by atoms with Gasteiger partial charge in [-0.2, -0.15) is 11.8 Å². The molecule has 1 heterocycles. The first-order valence-electron chi connectivity index (χ1n) is 31.2. The largest absolute Gasteiger partial charge is 0.533 e. The van der Waals surface area contributed by atoms with Gasteiger partial charge in [0.2, 0.25) is 37.8 Å². The molecule has 0 aliphatic rings. The number of pyridine rings is 1. The van der Waals surface area contributed by atoms with Gasteiger partial charge in [0.25, 0.3) is 5.91 Å². The number of methoxy groups -OCH3 is 1. The summed E-state index contributed by atoms with van der Waals surface area (Å²) < 4.78 is 65.8. The third kappa shape index (κ3) is 18.8. The van der Waals surface area contributed by atoms with E-state index in [4.69, 9.17) is 20.0 Å². The molecule has 0 fully saturated rings. The molecule has 4 amide bonds. The number of halogens is 1. The minimum Gasteiger partial charge on any atom is -0.533 e. The number of hydrazine groups is 3. The number of nitrogens with one attached hydrogen (secondary N) is 6. The molecule has 524 valence electrons. The van der Waals surface area contributed by atoms with Crippen LogP contribution in [0, 0.1) is 0 Å². The lowest BCUT2D eigenvalue weighted by Crippen LogP contribution is -2.68. The summed E-state index contributed by atoms with van der Waals surface area (Å²) in [6.07, 6.45) is 0. The van der Waals surface area contributed by atoms with Gasteiger partial charge in [-0.05, 0) is 92.3 Å². The van der Waals surface area contributed by atoms with Crippen LogP contribution in [0.15, 0.2) is 210 Å². The Morgan fingerprint density at radius 3 is 1.56 bits per heavy atom. The second kappa shape index (κ2) is 35.2. The molecule has 9 rings (SSSR count). The molecule has 0 aliphatic carbocycles. The SMILES string of the molecule is CC(=O)NN[C@@H](CSCc1ccc2c(S(=O)(=O)N(C)C)ccc(O)c2c1)C(=O)NN.CN(C)S(=O)(=O)c1ccc(O[Si](c2ccccc2)(c2ccccc2)C(C)(C)C)c2nc(CBr)ccc12.CNC(=O)[C@H](CSC(c1ccccc1)(c1ccccc1)c1ccc(OC)cc1)NNC(C)=O. The zero-order valence-electron chi connectivity index (χ0n) is 57.0. The molecule has 0 aliphatic heterocycles. The Labute approximate surface area is 598 Å². The van der Waals surface area contributed by atoms with Gasteiger partial charge in [-0.25, -0.2) is 47.1 Å². The Morgan fingerprint density at radius 1 is 0.616 bits per heavy atom. The minimum absolute atomic E-state index is 0.0257. The summed E-state index contributed by atoms with van der Waals surface area (Å²) >= 11 is 6.52. The van der Waals surface area contributed by atoms with Crippen molar-refractivity contribution in [2.24, 2.45) is 5.84 Å². The van der Waals surface area contributed by atoms with Crippen molar-refractivity contribution in [2.75, 3.05) is 53.9 Å². The molecule has 0 spiro atoms. The van der Waals surface area contributed by atoms with Gasteiger partial charge in [-0.3, -0.25) is 35.5 Å². The Balaban J connectivity index is 0.000000210. The van der Waals surface area contributed by atoms with Crippen LogP contribution in [0.5, 0.6) is 17.2 Å². The zero-order chi connectivity index (χ0) is 72.3. The maximum Gasteiger partial charge on any atom is 0.320 e. The third-order valence-electron chi connectivity index (χ3n) is 15.9. The number of aromatic hydroxyl groups is 1. The molecule has 0 radical (unpaired) electrons. The summed E-state index contributed by atoms with van der Waals surface area (Å²) in [6.45, 7) is 9.34. The van der Waals surface area contributed by atoms with Crippen LogP contribution >= 0.6 is 39.5 Å². The van der Waals surface area contributed by atoms with Crippen molar-refractivity contribution < 1.29 is 50.3 Å². The van der Waals surface area contributed by atoms with Crippen molar-refractivity contribution in [1.82, 2.24) is 46.0 Å². The quantitative estimate of drug-likeness (QED) is 0.00627. The minimum atomic E-state index is -3.68. The highest BCUT2D eigenvalue weighted by Gasteiger charge is 2.52. The Kier molecular flexibility index (Phi) is 27.8. The smallest absolute Gasteiger partial charge is 0.320 e. The number of amides is 4. The van der Waals surface area contributed by atoms with E-state index < -0.39 is 51.1 Å². The van der Waals surface area contributed by atoms with Crippen molar-refractivity contribution in [1.29, 1.82) is 0 Å². The van der Waals surface area contributed by atoms with Crippen LogP contribution in [0.1, 0.15) is 62.6 Å². The number of likely N-dealkylation sites (N-methyl/N-ethyl adjacent to an activating group) is 1. The summed E-state index contributed by atoms with van der Waals surface area (Å²) in [4.78, 5) is 52.1. The highest BCUT2D eigenvalue weighted by Crippen LogP contribution is 2.49. The van der Waals surface area contributed by atoms with Crippen molar-refractivity contribution in [3.63, 3.8) is 0 Å². The number of nitrogens with two attached hydrogens (primary N) is 1. The zero-order valence-corrected chi connectivity index (χ0v) is 62.8. The maximum atomic E-state index is 13.2. The number of nitrogens with zero attached hydrogens (tertiary/aromatic N) is 3. The molecular weight excluding hydrogens is 1420 g/mol. The number of phenolic OH excluding ortho intramolecular Hbond substituents is 1. The van der Waals surface area contributed by atoms with Crippen molar-refractivity contribution in [2.45, 2.75) is 77.4 Å². The number of hydrogen-bond acceptors (Lipinski definition) is 17. The Morgan fingerprint density at radius 2 is 1.09 bits per heavy atom. The second-order valence-corrected chi connectivity index (χ2v) is 35.3. The van der Waals surface area contributed by atoms with Crippen LogP contribution in [0.3, 0.4) is 0 Å². The lowest BCUT2D eigenvalue weighted by Gasteiger charge is -2.43. The van der Waals surface area contributed by atoms with Gasteiger partial charge < -0.3 is 19.6 Å². The number of phenols is 1. The predicted octanol–water partition coefficient (Wildman–Crippen LogP) is 8.82. The molecular formula is C72H85BrN10O11S4Si. The number of benzene rings is 8. The van der Waals surface area contributed by atoms with Crippen LogP contribution in [-0.4, -0.2) is 133 Å². The number of thioether (sulfide) groups is 2. The number of sulfonamides is 2. The average Bonchev–Trinajstić information content (AvgIpc) is 0.741. The highest BCUT2D eigenvalue weighted by molar-refractivity contribution is 9.08. The van der Waals surface area contributed by atoms with E-state index in [0.29, 0.717) is 50.0 Å². The number of hydrogen-bond donors (Lipinski definition) is 8. The van der Waals surface area contributed by atoms with E-state index in [2.05, 4.69) is 124 Å². The predicted molar refractivity (Wildman–Crippen MR) is 402 cm³/mol. The van der Waals surface area contributed by atoms with Crippen LogP contribution in [0.4, 0.5) is 0 Å². The number of ether oxygens (including phenoxy) is 1. The lowest BCUT2D eigenvalue weighted by molar-refractivity contribution is -0.125. The molecule has 21 nitrogen and oxygen atoms in total. The first-order valence-corrected chi connectivity index (χ1v) is 39.3. The summed E-state index contributed by atoms with van der Waals surface area (Å²) in [5.41, 5.74) is 17.8. The topological polar surface area (TPSA) is 293 Å². The molecule has 99 heavy (non-hydrogen) atoms. The molecule has 27 heteroatoms. The molecule has 1 aromatic heterocycles. The third-order valence-corrected chi connectivity index (χ3v) is 27.9. The van der Waals surface area contributed by atoms with E-state index in [1.165, 1.54) is 70.2 Å². The maximum absolute atomic E-state index is 13.2. The fourth-order valence-corrected chi connectivity index (χ4v) is 20.4. The molecule has 0 unspecified atom stereocenters. The Bertz CT molecular complexity index is 4380. The highest BCUT2D eigenvalue weighted by atomic mass is 79.9. The van der Waals surface area contributed by atoms with Crippen LogP contribution in [0.2, 0.25) is 5.04 Å². The number of carbonyl (C=O) groups is 4. The molecule has 0 bridgehead atoms. The normalized spacial score (nSPS) is 12.5. The lowest BCUT2D eigenvalue weighted by atomic mass is 9.84. The van der Waals surface area contributed by atoms with Crippen LogP contribution in [-0.2, 0) is 55.1 Å². The monoisotopic (exact) mass is 1500 g/mol. The number of alkyl halides is 1. The fraction of sp³-hybridized carbons (Fsp3) is 0.264. The van der Waals surface area contributed by atoms with Crippen LogP contribution in [0.25, 0.3) is 21.7 Å². The fourth-order valence-electron chi connectivity index (χ4n) is 10.9. The van der Waals surface area contributed by atoms with Gasteiger partial charge in [0.1, 0.15) is 34.8 Å². The van der Waals surface area contributed by atoms with Crippen molar-refractivity contribution in [3.8, 4) is 17.2 Å². The van der Waals surface area contributed by atoms with Crippen molar-refractivity contribution in [3.05, 3.63) is 228 Å². The first kappa shape index (κ1) is 78.1. The Hall–Kier alpha value is -8.19. The number of carbonyl (C=O) groups excluding carboxylic acids is 4. The van der Waals surface area contributed by atoms with E-state index in [-0.39, 0.29) is 38.3 Å². The molecule has 0 saturated carbocycles. The van der Waals surface area contributed by atoms with Gasteiger partial charge in [0, 0.05) is 87.8 Å². The van der Waals surface area contributed by atoms with E-state index in [9.17, 15) is 41.1 Å². The second-order valence-electron chi connectivity index (χ2n) is 24.0. The van der Waals surface area contributed by atoms with E-state index >= 15 is 0 Å². The van der Waals surface area contributed by atoms with Crippen LogP contribution < -0.4 is 57.8 Å². The number of rotatable bonds is 26. The van der Waals surface area contributed by atoms with Gasteiger partial charge in [-0.1, -0.05) is 182 Å². The standard InChI is InChI=1S/C28H31BrN2O3SSi.C26H29N3O3S.C18H25N5O5S2/c1-28(2,3)36(22-12-8-6-9-13-22,23-14-10-7-11-15-23)34-25-18-19-26(35(32,33)31(4)5)24-17-16-21(20-29)30-27(24)25;1-19(30)28-29-24(25(31)27-2)18-33-26(20-10-6-4-7-11-20,21-12-8-5-9-13-21)22-14-16-23(32-3)17-15-22;1-11(24)21-22-15(18(26)20-19)10-29-9-12-4-5-13-14(8-12)16(25)6-7-17(13)30(27,28)23(2)3/h6-19H,20H2,1-5H3;4-17,24,29H,18H2,1-3H3,(H,27,31)(H,28,30);4-8,15,22,25H,9-10,19H2,1-3H3,(H,20,26)(H,21,24)/t;24-;15-/m.00/s1. The van der Waals surface area contributed by atoms with E-state index in [1.54, 1.807) is 56.3 Å². The molecule has 9 N–H and O–H groups in total. The van der Waals surface area contributed by atoms with E-state index in [0.717, 1.165) is 48.4 Å². The number of fused-ring (bicyclic) bond motifs is 2. The number of aromatic nitrogens is 1. The first-order chi connectivity index (χ1) is 47.1. The molecule has 0 saturated heterocycles. The summed E-state index contributed by atoms with van der Waals surface area (Å²) in [6, 6.07) is 62.7. The molecule has 2 atom stereocenters. The molecule has 9 aromatic rings. The summed E-state index contributed by atoms with van der Waals surface area (Å²) in [7, 11) is -1.09. The average molecular weight is 1500 g/mol. The summed E-state index contributed by atoms with van der Waals surface area (Å²) in [5.74, 6) is 6.39. The summed E-state index contributed by atoms with van der Waals surface area (Å²) in [5, 5.41) is 16.9. The van der Waals surface area contributed by atoms with Gasteiger partial charge in [0.15, 0.2) is 0 Å². The van der Waals surface area contributed by atoms with E-state index in [1.807, 2.05) is 102 Å². The van der Waals surface area contributed by atoms with Gasteiger partial charge in [-0.15, -0.1) is 11.8 Å². The van der Waals surface area contributed by atoms with Gasteiger partial charge in [0.05, 0.1) is 27.3 Å². The van der Waals surface area contributed by atoms with Crippen molar-refractivity contribution >= 4 is 123 Å². The van der Waals surface area contributed by atoms with Gasteiger partial charge >= 0.3 is 8.32 Å².